The first-order chi connectivity index (χ1) is 17.7. The van der Waals surface area contributed by atoms with Crippen LogP contribution in [0.1, 0.15) is 30.1 Å². The summed E-state index contributed by atoms with van der Waals surface area (Å²) in [5.74, 6) is 0.460. The van der Waals surface area contributed by atoms with E-state index >= 15 is 0 Å². The highest BCUT2D eigenvalue weighted by molar-refractivity contribution is 5.96. The number of phenols is 1. The van der Waals surface area contributed by atoms with Gasteiger partial charge >= 0.3 is 0 Å². The van der Waals surface area contributed by atoms with Crippen LogP contribution in [0.5, 0.6) is 5.75 Å². The maximum absolute atomic E-state index is 12.6. The summed E-state index contributed by atoms with van der Waals surface area (Å²) in [4.78, 5) is 35.5. The molecule has 0 radical (unpaired) electrons. The zero-order valence-electron chi connectivity index (χ0n) is 21.2. The number of amides is 1. The SMILES string of the molecule is CCN(OC)C(=O)c1ccc(Nc2nc(N3C[C@H](N)C[C@H](N)C3)nc(N3C[C@H](N)C[C@H](N)C3)n2)cc1O. The lowest BCUT2D eigenvalue weighted by Gasteiger charge is -2.37. The Hall–Kier alpha value is -3.30. The summed E-state index contributed by atoms with van der Waals surface area (Å²) in [6, 6.07) is 4.18. The number of phenolic OH excluding ortho intramolecular Hbond substituents is 1. The first-order valence-corrected chi connectivity index (χ1v) is 12.4. The summed E-state index contributed by atoms with van der Waals surface area (Å²) < 4.78 is 0. The number of hydrogen-bond acceptors (Lipinski definition) is 13. The summed E-state index contributed by atoms with van der Waals surface area (Å²) >= 11 is 0. The highest BCUT2D eigenvalue weighted by atomic mass is 16.7. The van der Waals surface area contributed by atoms with E-state index in [0.29, 0.717) is 50.3 Å². The molecule has 0 unspecified atom stereocenters. The van der Waals surface area contributed by atoms with Gasteiger partial charge in [-0.1, -0.05) is 0 Å². The van der Waals surface area contributed by atoms with Crippen molar-refractivity contribution >= 4 is 29.4 Å². The lowest BCUT2D eigenvalue weighted by Crippen LogP contribution is -2.54. The van der Waals surface area contributed by atoms with Crippen LogP contribution in [0.25, 0.3) is 0 Å². The van der Waals surface area contributed by atoms with Crippen LogP contribution in [0, 0.1) is 0 Å². The highest BCUT2D eigenvalue weighted by Gasteiger charge is 2.29. The Kier molecular flexibility index (Phi) is 8.24. The van der Waals surface area contributed by atoms with E-state index in [0.717, 1.165) is 17.9 Å². The van der Waals surface area contributed by atoms with Crippen molar-refractivity contribution in [3.63, 3.8) is 0 Å². The molecular weight excluding hydrogens is 478 g/mol. The normalized spacial score (nSPS) is 24.2. The van der Waals surface area contributed by atoms with Gasteiger partial charge in [-0.05, 0) is 31.9 Å². The van der Waals surface area contributed by atoms with Crippen molar-refractivity contribution in [3.8, 4) is 5.75 Å². The van der Waals surface area contributed by atoms with Gasteiger partial charge in [0.2, 0.25) is 17.8 Å². The van der Waals surface area contributed by atoms with Gasteiger partial charge in [-0.15, -0.1) is 0 Å². The Morgan fingerprint density at radius 2 is 1.51 bits per heavy atom. The number of hydrogen-bond donors (Lipinski definition) is 6. The van der Waals surface area contributed by atoms with Crippen molar-refractivity contribution in [3.05, 3.63) is 23.8 Å². The Balaban J connectivity index is 1.64. The minimum atomic E-state index is -0.450. The van der Waals surface area contributed by atoms with Crippen LogP contribution in [-0.2, 0) is 4.84 Å². The average Bonchev–Trinajstić information content (AvgIpc) is 2.83. The van der Waals surface area contributed by atoms with Crippen molar-refractivity contribution in [2.75, 3.05) is 55.0 Å². The van der Waals surface area contributed by atoms with Crippen molar-refractivity contribution < 1.29 is 14.7 Å². The molecule has 2 aliphatic rings. The Bertz CT molecular complexity index is 1040. The van der Waals surface area contributed by atoms with Crippen LogP contribution in [0.3, 0.4) is 0 Å². The molecule has 4 rings (SSSR count). The molecule has 0 bridgehead atoms. The molecule has 2 aromatic rings. The van der Waals surface area contributed by atoms with E-state index < -0.39 is 5.91 Å². The number of nitrogens with zero attached hydrogens (tertiary/aromatic N) is 6. The number of rotatable bonds is 7. The number of aromatic hydroxyl groups is 1. The maximum Gasteiger partial charge on any atom is 0.281 e. The molecule has 3 heterocycles. The van der Waals surface area contributed by atoms with E-state index in [4.69, 9.17) is 32.8 Å². The average molecular weight is 516 g/mol. The highest BCUT2D eigenvalue weighted by Crippen LogP contribution is 2.27. The van der Waals surface area contributed by atoms with Gasteiger partial charge in [0.25, 0.3) is 5.91 Å². The van der Waals surface area contributed by atoms with Gasteiger partial charge in [-0.25, -0.2) is 5.06 Å². The number of aromatic nitrogens is 3. The van der Waals surface area contributed by atoms with E-state index in [1.165, 1.54) is 19.2 Å². The molecule has 14 nitrogen and oxygen atoms in total. The minimum absolute atomic E-state index is 0.103. The molecule has 0 spiro atoms. The molecule has 0 aliphatic carbocycles. The Morgan fingerprint density at radius 3 is 1.95 bits per heavy atom. The zero-order chi connectivity index (χ0) is 26.7. The molecule has 10 N–H and O–H groups in total. The zero-order valence-corrected chi connectivity index (χ0v) is 21.2. The van der Waals surface area contributed by atoms with Crippen molar-refractivity contribution in [1.82, 2.24) is 20.0 Å². The molecule has 1 aromatic carbocycles. The third kappa shape index (κ3) is 6.34. The van der Waals surface area contributed by atoms with E-state index in [1.54, 1.807) is 13.0 Å². The van der Waals surface area contributed by atoms with Gasteiger partial charge in [0, 0.05) is 68.6 Å². The lowest BCUT2D eigenvalue weighted by atomic mass is 10.0. The number of anilines is 4. The minimum Gasteiger partial charge on any atom is -0.507 e. The molecule has 1 aromatic heterocycles. The largest absolute Gasteiger partial charge is 0.507 e. The monoisotopic (exact) mass is 515 g/mol. The van der Waals surface area contributed by atoms with Gasteiger partial charge in [-0.3, -0.25) is 9.63 Å². The summed E-state index contributed by atoms with van der Waals surface area (Å²) in [7, 11) is 1.40. The second kappa shape index (κ2) is 11.4. The fraction of sp³-hybridized carbons (Fsp3) is 0.565. The van der Waals surface area contributed by atoms with Crippen LogP contribution >= 0.6 is 0 Å². The lowest BCUT2D eigenvalue weighted by molar-refractivity contribution is -0.0916. The molecule has 0 saturated carbocycles. The second-order valence-corrected chi connectivity index (χ2v) is 9.62. The molecule has 4 atom stereocenters. The van der Waals surface area contributed by atoms with Crippen molar-refractivity contribution in [1.29, 1.82) is 0 Å². The molecule has 2 saturated heterocycles. The molecular formula is C23H37N11O3. The number of carbonyl (C=O) groups excluding carboxylic acids is 1. The first-order valence-electron chi connectivity index (χ1n) is 12.4. The summed E-state index contributed by atoms with van der Waals surface area (Å²) in [5.41, 5.74) is 25.4. The maximum atomic E-state index is 12.6. The summed E-state index contributed by atoms with van der Waals surface area (Å²) in [6.07, 6.45) is 1.44. The Labute approximate surface area is 215 Å². The molecule has 1 amide bonds. The van der Waals surface area contributed by atoms with E-state index in [-0.39, 0.29) is 41.4 Å². The van der Waals surface area contributed by atoms with E-state index in [1.807, 2.05) is 9.80 Å². The van der Waals surface area contributed by atoms with Crippen LogP contribution in [0.2, 0.25) is 0 Å². The number of nitrogens with one attached hydrogen (secondary N) is 1. The summed E-state index contributed by atoms with van der Waals surface area (Å²) in [5, 5.41) is 14.8. The third-order valence-corrected chi connectivity index (χ3v) is 6.43. The number of carbonyl (C=O) groups is 1. The molecule has 14 heteroatoms. The third-order valence-electron chi connectivity index (χ3n) is 6.43. The van der Waals surface area contributed by atoms with Crippen LogP contribution in [0.4, 0.5) is 23.5 Å². The van der Waals surface area contributed by atoms with Gasteiger partial charge < -0.3 is 43.2 Å². The molecule has 2 aliphatic heterocycles. The predicted octanol–water partition coefficient (Wildman–Crippen LogP) is -0.926. The number of hydroxylamine groups is 2. The fourth-order valence-electron chi connectivity index (χ4n) is 4.79. The molecule has 37 heavy (non-hydrogen) atoms. The molecule has 2 fully saturated rings. The quantitative estimate of drug-likeness (QED) is 0.246. The van der Waals surface area contributed by atoms with Gasteiger partial charge in [0.05, 0.1) is 12.7 Å². The number of piperidine rings is 2. The van der Waals surface area contributed by atoms with Crippen molar-refractivity contribution in [2.24, 2.45) is 22.9 Å². The van der Waals surface area contributed by atoms with Gasteiger partial charge in [0.15, 0.2) is 0 Å². The Morgan fingerprint density at radius 1 is 1.00 bits per heavy atom. The van der Waals surface area contributed by atoms with Crippen LogP contribution in [0.15, 0.2) is 18.2 Å². The predicted molar refractivity (Wildman–Crippen MR) is 140 cm³/mol. The molecule has 202 valence electrons. The fourth-order valence-corrected chi connectivity index (χ4v) is 4.79. The second-order valence-electron chi connectivity index (χ2n) is 9.62. The number of benzene rings is 1. The smallest absolute Gasteiger partial charge is 0.281 e. The van der Waals surface area contributed by atoms with E-state index in [9.17, 15) is 9.90 Å². The topological polar surface area (TPSA) is 211 Å². The van der Waals surface area contributed by atoms with Crippen molar-refractivity contribution in [2.45, 2.75) is 43.9 Å². The number of nitrogens with two attached hydrogens (primary N) is 4. The first kappa shape index (κ1) is 26.8. The standard InChI is InChI=1S/C23H37N11O3/c1-3-34(37-2)20(36)18-5-4-17(8-19(18)35)28-21-29-22(32-9-13(24)6-14(25)10-32)31-23(30-21)33-11-15(26)7-16(27)12-33/h4-5,8,13-16,35H,3,6-7,9-12,24-27H2,1-2H3,(H,28,29,30,31)/t13-,14+,15-,16+. The van der Waals surface area contributed by atoms with Crippen LogP contribution in [-0.4, -0.2) is 95.0 Å². The summed E-state index contributed by atoms with van der Waals surface area (Å²) in [6.45, 7) is 4.33. The van der Waals surface area contributed by atoms with Crippen LogP contribution < -0.4 is 38.1 Å². The van der Waals surface area contributed by atoms with Gasteiger partial charge in [0.1, 0.15) is 5.75 Å². The van der Waals surface area contributed by atoms with E-state index in [2.05, 4.69) is 15.3 Å². The van der Waals surface area contributed by atoms with Gasteiger partial charge in [-0.2, -0.15) is 15.0 Å².